The summed E-state index contributed by atoms with van der Waals surface area (Å²) in [4.78, 5) is 12.2. The second-order valence-corrected chi connectivity index (χ2v) is 5.89. The van der Waals surface area contributed by atoms with E-state index in [1.807, 2.05) is 48.5 Å². The largest absolute Gasteiger partial charge is 0.497 e. The standard InChI is InChI=1S/C18H21ClN2O2.ClH/c1-12(20)10-17(22)21-18(15-8-3-4-9-16(15)19)13-6-5-7-14(11-13)23-2;/h3-9,11-12,18H,10,20H2,1-2H3,(H,21,22);1H. The summed E-state index contributed by atoms with van der Waals surface area (Å²) < 4.78 is 5.27. The highest BCUT2D eigenvalue weighted by Gasteiger charge is 2.20. The number of nitrogens with two attached hydrogens (primary N) is 1. The molecule has 2 unspecified atom stereocenters. The molecule has 0 aromatic heterocycles. The maximum Gasteiger partial charge on any atom is 0.222 e. The van der Waals surface area contributed by atoms with Gasteiger partial charge in [-0.25, -0.2) is 0 Å². The van der Waals surface area contributed by atoms with Crippen molar-refractivity contribution in [2.75, 3.05) is 7.11 Å². The second kappa shape index (κ2) is 9.52. The number of benzene rings is 2. The Balaban J connectivity index is 0.00000288. The summed E-state index contributed by atoms with van der Waals surface area (Å²) >= 11 is 6.32. The molecule has 0 bridgehead atoms. The minimum absolute atomic E-state index is 0. The van der Waals surface area contributed by atoms with Crippen molar-refractivity contribution < 1.29 is 9.53 Å². The van der Waals surface area contributed by atoms with Gasteiger partial charge in [0.15, 0.2) is 0 Å². The lowest BCUT2D eigenvalue weighted by Crippen LogP contribution is -2.33. The Morgan fingerprint density at radius 2 is 1.96 bits per heavy atom. The van der Waals surface area contributed by atoms with Gasteiger partial charge in [-0.15, -0.1) is 12.4 Å². The highest BCUT2D eigenvalue weighted by molar-refractivity contribution is 6.31. The van der Waals surface area contributed by atoms with Crippen molar-refractivity contribution in [3.63, 3.8) is 0 Å². The molecule has 0 aliphatic heterocycles. The van der Waals surface area contributed by atoms with E-state index in [0.717, 1.165) is 16.9 Å². The van der Waals surface area contributed by atoms with Gasteiger partial charge in [0.1, 0.15) is 5.75 Å². The summed E-state index contributed by atoms with van der Waals surface area (Å²) in [5, 5.41) is 3.61. The summed E-state index contributed by atoms with van der Waals surface area (Å²) in [7, 11) is 1.61. The van der Waals surface area contributed by atoms with Gasteiger partial charge in [0.2, 0.25) is 5.91 Å². The normalized spacial score (nSPS) is 12.7. The highest BCUT2D eigenvalue weighted by atomic mass is 35.5. The fraction of sp³-hybridized carbons (Fsp3) is 0.278. The predicted molar refractivity (Wildman–Crippen MR) is 99.9 cm³/mol. The first-order chi connectivity index (χ1) is 11.0. The Morgan fingerprint density at radius 3 is 2.58 bits per heavy atom. The van der Waals surface area contributed by atoms with Crippen LogP contribution >= 0.6 is 24.0 Å². The fourth-order valence-corrected chi connectivity index (χ4v) is 2.63. The second-order valence-electron chi connectivity index (χ2n) is 5.48. The van der Waals surface area contributed by atoms with Crippen molar-refractivity contribution in [3.05, 3.63) is 64.7 Å². The summed E-state index contributed by atoms with van der Waals surface area (Å²) in [6.07, 6.45) is 0.255. The Bertz CT molecular complexity index is 678. The Hall–Kier alpha value is -1.75. The molecule has 0 fully saturated rings. The first kappa shape index (κ1) is 20.3. The van der Waals surface area contributed by atoms with Crippen molar-refractivity contribution in [1.29, 1.82) is 0 Å². The van der Waals surface area contributed by atoms with Crippen molar-refractivity contribution >= 4 is 29.9 Å². The molecule has 2 rings (SSSR count). The molecule has 2 aromatic rings. The lowest BCUT2D eigenvalue weighted by molar-refractivity contribution is -0.121. The zero-order valence-corrected chi connectivity index (χ0v) is 15.2. The third kappa shape index (κ3) is 5.41. The van der Waals surface area contributed by atoms with Crippen LogP contribution in [0.2, 0.25) is 5.02 Å². The van der Waals surface area contributed by atoms with Gasteiger partial charge in [0.05, 0.1) is 13.2 Å². The molecule has 1 amide bonds. The Labute approximate surface area is 153 Å². The molecule has 0 aliphatic rings. The van der Waals surface area contributed by atoms with Crippen molar-refractivity contribution in [2.45, 2.75) is 25.4 Å². The molecule has 0 heterocycles. The highest BCUT2D eigenvalue weighted by Crippen LogP contribution is 2.30. The van der Waals surface area contributed by atoms with Crippen molar-refractivity contribution in [1.82, 2.24) is 5.32 Å². The van der Waals surface area contributed by atoms with E-state index in [2.05, 4.69) is 5.32 Å². The molecule has 6 heteroatoms. The van der Waals surface area contributed by atoms with E-state index in [1.54, 1.807) is 14.0 Å². The molecule has 24 heavy (non-hydrogen) atoms. The van der Waals surface area contributed by atoms with Crippen LogP contribution in [-0.4, -0.2) is 19.1 Å². The number of hydrogen-bond acceptors (Lipinski definition) is 3. The lowest BCUT2D eigenvalue weighted by Gasteiger charge is -2.22. The average Bonchev–Trinajstić information content (AvgIpc) is 2.53. The summed E-state index contributed by atoms with van der Waals surface area (Å²) in [5.41, 5.74) is 7.45. The molecule has 0 spiro atoms. The van der Waals surface area contributed by atoms with Crippen LogP contribution in [0.4, 0.5) is 0 Å². The van der Waals surface area contributed by atoms with Crippen LogP contribution in [0.1, 0.15) is 30.5 Å². The van der Waals surface area contributed by atoms with Crippen LogP contribution in [0.3, 0.4) is 0 Å². The van der Waals surface area contributed by atoms with Crippen LogP contribution in [0.15, 0.2) is 48.5 Å². The maximum atomic E-state index is 12.2. The number of methoxy groups -OCH3 is 1. The molecule has 2 aromatic carbocycles. The minimum atomic E-state index is -0.356. The number of nitrogens with one attached hydrogen (secondary N) is 1. The van der Waals surface area contributed by atoms with E-state index in [9.17, 15) is 4.79 Å². The number of hydrogen-bond donors (Lipinski definition) is 2. The van der Waals surface area contributed by atoms with Gasteiger partial charge in [-0.05, 0) is 36.2 Å². The van der Waals surface area contributed by atoms with E-state index >= 15 is 0 Å². The third-order valence-corrected chi connectivity index (χ3v) is 3.80. The fourth-order valence-electron chi connectivity index (χ4n) is 2.38. The van der Waals surface area contributed by atoms with Gasteiger partial charge in [0.25, 0.3) is 0 Å². The van der Waals surface area contributed by atoms with Gasteiger partial charge >= 0.3 is 0 Å². The maximum absolute atomic E-state index is 12.2. The molecular formula is C18H22Cl2N2O2. The predicted octanol–water partition coefficient (Wildman–Crippen LogP) is 3.71. The first-order valence-corrected chi connectivity index (χ1v) is 7.82. The monoisotopic (exact) mass is 368 g/mol. The lowest BCUT2D eigenvalue weighted by atomic mass is 9.98. The number of carbonyl (C=O) groups is 1. The van der Waals surface area contributed by atoms with Gasteiger partial charge in [0, 0.05) is 17.5 Å². The summed E-state index contributed by atoms with van der Waals surface area (Å²) in [5.74, 6) is 0.605. The van der Waals surface area contributed by atoms with Crippen molar-refractivity contribution in [2.24, 2.45) is 5.73 Å². The number of ether oxygens (including phenoxy) is 1. The van der Waals surface area contributed by atoms with E-state index in [0.29, 0.717) is 5.02 Å². The molecule has 0 aliphatic carbocycles. The van der Waals surface area contributed by atoms with Gasteiger partial charge in [-0.1, -0.05) is 41.9 Å². The van der Waals surface area contributed by atoms with E-state index in [4.69, 9.17) is 22.1 Å². The molecule has 0 radical (unpaired) electrons. The van der Waals surface area contributed by atoms with Crippen LogP contribution in [0.5, 0.6) is 5.75 Å². The smallest absolute Gasteiger partial charge is 0.222 e. The molecular weight excluding hydrogens is 347 g/mol. The van der Waals surface area contributed by atoms with Gasteiger partial charge in [-0.2, -0.15) is 0 Å². The van der Waals surface area contributed by atoms with Crippen LogP contribution in [-0.2, 0) is 4.79 Å². The minimum Gasteiger partial charge on any atom is -0.497 e. The zero-order valence-electron chi connectivity index (χ0n) is 13.7. The zero-order chi connectivity index (χ0) is 16.8. The Kier molecular flexibility index (Phi) is 8.05. The molecule has 2 atom stereocenters. The quantitative estimate of drug-likeness (QED) is 0.816. The average molecular weight is 369 g/mol. The van der Waals surface area contributed by atoms with Gasteiger partial charge in [-0.3, -0.25) is 4.79 Å². The summed E-state index contributed by atoms with van der Waals surface area (Å²) in [6, 6.07) is 14.5. The Morgan fingerprint density at radius 1 is 1.25 bits per heavy atom. The van der Waals surface area contributed by atoms with E-state index < -0.39 is 0 Å². The SMILES string of the molecule is COc1cccc(C(NC(=O)CC(C)N)c2ccccc2Cl)c1.Cl. The number of amides is 1. The molecule has 0 saturated carbocycles. The van der Waals surface area contributed by atoms with Crippen LogP contribution in [0.25, 0.3) is 0 Å². The van der Waals surface area contributed by atoms with Crippen LogP contribution in [0, 0.1) is 0 Å². The van der Waals surface area contributed by atoms with E-state index in [1.165, 1.54) is 0 Å². The topological polar surface area (TPSA) is 64.3 Å². The molecule has 4 nitrogen and oxygen atoms in total. The van der Waals surface area contributed by atoms with Crippen molar-refractivity contribution in [3.8, 4) is 5.75 Å². The van der Waals surface area contributed by atoms with Gasteiger partial charge < -0.3 is 15.8 Å². The first-order valence-electron chi connectivity index (χ1n) is 7.44. The number of rotatable bonds is 6. The molecule has 3 N–H and O–H groups in total. The third-order valence-electron chi connectivity index (χ3n) is 3.46. The number of carbonyl (C=O) groups excluding carboxylic acids is 1. The van der Waals surface area contributed by atoms with Crippen LogP contribution < -0.4 is 15.8 Å². The summed E-state index contributed by atoms with van der Waals surface area (Å²) in [6.45, 7) is 1.80. The molecule has 130 valence electrons. The van der Waals surface area contributed by atoms with E-state index in [-0.39, 0.29) is 36.8 Å². The number of halogens is 2. The molecule has 0 saturated heterocycles.